The summed E-state index contributed by atoms with van der Waals surface area (Å²) < 4.78 is 32.5. The van der Waals surface area contributed by atoms with E-state index in [1.165, 1.54) is 19.2 Å². The maximum Gasteiger partial charge on any atom is 0.340 e. The van der Waals surface area contributed by atoms with Gasteiger partial charge >= 0.3 is 5.97 Å². The molecular formula is C39H52FNO5Si. The van der Waals surface area contributed by atoms with Crippen LogP contribution in [-0.2, 0) is 20.7 Å². The molecule has 1 fully saturated rings. The average Bonchev–Trinajstić information content (AvgIpc) is 3.06. The minimum atomic E-state index is -2.38. The third-order valence-corrected chi connectivity index (χ3v) is 16.0. The summed E-state index contributed by atoms with van der Waals surface area (Å²) in [6.07, 6.45) is 1.73. The average molecular weight is 662 g/mol. The molecule has 4 rings (SSSR count). The molecule has 254 valence electrons. The lowest BCUT2D eigenvalue weighted by Gasteiger charge is -2.43. The molecule has 0 N–H and O–H groups in total. The molecule has 0 radical (unpaired) electrons. The number of hydrogen-bond acceptors (Lipinski definition) is 6. The Balaban J connectivity index is 1.65. The van der Waals surface area contributed by atoms with E-state index in [1.807, 2.05) is 60.7 Å². The third-order valence-electron chi connectivity index (χ3n) is 10.0. The van der Waals surface area contributed by atoms with Gasteiger partial charge in [0.25, 0.3) is 8.32 Å². The SMILES string of the molecule is CO[C@H](C(=O)OC(c1cccc(O[Si](C(C)C)(C(C)C)C(C)C)c1C=O)C1CCN(CCc2ccc(F)cc2)CC1)c1ccccc1. The Kier molecular flexibility index (Phi) is 12.9. The standard InChI is InChI=1S/C39H52FNO5Si/c1-27(2)47(28(3)4,29(5)6)46-36-15-11-14-34(35(36)26-42)37(45-39(43)38(44-7)31-12-9-8-10-13-31)32-21-24-41(25-22-32)23-20-30-16-18-33(40)19-17-30/h8-19,26-29,32,37-38H,20-25H2,1-7H3/t37?,38-/m0/s1. The van der Waals surface area contributed by atoms with E-state index in [-0.39, 0.29) is 11.7 Å². The van der Waals surface area contributed by atoms with Gasteiger partial charge in [-0.15, -0.1) is 0 Å². The zero-order valence-corrected chi connectivity index (χ0v) is 30.1. The van der Waals surface area contributed by atoms with Crippen LogP contribution in [0.4, 0.5) is 4.39 Å². The molecule has 1 saturated heterocycles. The number of ether oxygens (including phenoxy) is 2. The largest absolute Gasteiger partial charge is 0.542 e. The van der Waals surface area contributed by atoms with Gasteiger partial charge in [-0.25, -0.2) is 9.18 Å². The highest BCUT2D eigenvalue weighted by Gasteiger charge is 2.47. The first-order chi connectivity index (χ1) is 22.5. The number of rotatable bonds is 15. The molecule has 6 nitrogen and oxygen atoms in total. The molecule has 0 bridgehead atoms. The van der Waals surface area contributed by atoms with Crippen molar-refractivity contribution in [3.05, 3.63) is 101 Å². The van der Waals surface area contributed by atoms with Gasteiger partial charge in [0.05, 0.1) is 5.56 Å². The number of likely N-dealkylation sites (tertiary alicyclic amines) is 1. The molecule has 3 aromatic carbocycles. The summed E-state index contributed by atoms with van der Waals surface area (Å²) in [7, 11) is -0.870. The van der Waals surface area contributed by atoms with Crippen molar-refractivity contribution in [1.29, 1.82) is 0 Å². The number of nitrogens with zero attached hydrogens (tertiary/aromatic N) is 1. The fraction of sp³-hybridized carbons (Fsp3) is 0.487. The minimum Gasteiger partial charge on any atom is -0.542 e. The number of benzene rings is 3. The lowest BCUT2D eigenvalue weighted by Crippen LogP contribution is -2.51. The van der Waals surface area contributed by atoms with E-state index in [4.69, 9.17) is 13.9 Å². The molecular weight excluding hydrogens is 610 g/mol. The van der Waals surface area contributed by atoms with Crippen LogP contribution >= 0.6 is 0 Å². The number of halogens is 1. The number of carbonyl (C=O) groups excluding carboxylic acids is 2. The van der Waals surface area contributed by atoms with E-state index in [9.17, 15) is 14.0 Å². The van der Waals surface area contributed by atoms with Crippen LogP contribution in [0.25, 0.3) is 0 Å². The monoisotopic (exact) mass is 661 g/mol. The van der Waals surface area contributed by atoms with Crippen LogP contribution in [0.2, 0.25) is 16.6 Å². The second-order valence-corrected chi connectivity index (χ2v) is 19.1. The molecule has 3 aromatic rings. The molecule has 0 amide bonds. The van der Waals surface area contributed by atoms with Crippen LogP contribution in [0, 0.1) is 11.7 Å². The maximum absolute atomic E-state index is 13.8. The molecule has 1 aliphatic rings. The van der Waals surface area contributed by atoms with E-state index >= 15 is 0 Å². The molecule has 1 aliphatic heterocycles. The normalized spacial score (nSPS) is 16.0. The fourth-order valence-electron chi connectivity index (χ4n) is 7.58. The molecule has 0 aliphatic carbocycles. The molecule has 47 heavy (non-hydrogen) atoms. The van der Waals surface area contributed by atoms with E-state index in [0.29, 0.717) is 39.1 Å². The summed E-state index contributed by atoms with van der Waals surface area (Å²) in [5, 5.41) is 0. The Morgan fingerprint density at radius 2 is 1.51 bits per heavy atom. The maximum atomic E-state index is 13.8. The van der Waals surface area contributed by atoms with Crippen molar-refractivity contribution in [3.63, 3.8) is 0 Å². The van der Waals surface area contributed by atoms with Gasteiger partial charge in [-0.05, 0) is 78.3 Å². The van der Waals surface area contributed by atoms with Crippen molar-refractivity contribution < 1.29 is 27.9 Å². The summed E-state index contributed by atoms with van der Waals surface area (Å²) in [5.41, 5.74) is 3.92. The first-order valence-electron chi connectivity index (χ1n) is 17.0. The van der Waals surface area contributed by atoms with E-state index < -0.39 is 26.5 Å². The molecule has 0 spiro atoms. The highest BCUT2D eigenvalue weighted by molar-refractivity contribution is 6.78. The lowest BCUT2D eigenvalue weighted by molar-refractivity contribution is -0.166. The zero-order chi connectivity index (χ0) is 34.1. The number of methoxy groups -OCH3 is 1. The van der Waals surface area contributed by atoms with Gasteiger partial charge in [0.1, 0.15) is 17.7 Å². The number of aldehydes is 1. The van der Waals surface area contributed by atoms with Crippen LogP contribution in [-0.4, -0.2) is 52.2 Å². The zero-order valence-electron chi connectivity index (χ0n) is 29.1. The van der Waals surface area contributed by atoms with Gasteiger partial charge in [-0.3, -0.25) is 4.79 Å². The Hall–Kier alpha value is -3.33. The van der Waals surface area contributed by atoms with Crippen molar-refractivity contribution in [2.45, 2.75) is 89.6 Å². The third kappa shape index (κ3) is 8.58. The van der Waals surface area contributed by atoms with Gasteiger partial charge in [0.15, 0.2) is 12.4 Å². The summed E-state index contributed by atoms with van der Waals surface area (Å²) in [4.78, 5) is 29.2. The second kappa shape index (κ2) is 16.7. The molecule has 1 unspecified atom stereocenters. The van der Waals surface area contributed by atoms with Crippen molar-refractivity contribution in [2.75, 3.05) is 26.7 Å². The predicted octanol–water partition coefficient (Wildman–Crippen LogP) is 9.12. The van der Waals surface area contributed by atoms with Crippen molar-refractivity contribution in [1.82, 2.24) is 4.90 Å². The molecule has 0 aromatic heterocycles. The van der Waals surface area contributed by atoms with Gasteiger partial charge in [-0.2, -0.15) is 0 Å². The molecule has 8 heteroatoms. The highest BCUT2D eigenvalue weighted by atomic mass is 28.4. The van der Waals surface area contributed by atoms with Crippen LogP contribution in [0.3, 0.4) is 0 Å². The molecule has 1 heterocycles. The molecule has 0 saturated carbocycles. The van der Waals surface area contributed by atoms with Crippen molar-refractivity contribution >= 4 is 20.6 Å². The summed E-state index contributed by atoms with van der Waals surface area (Å²) in [6.45, 7) is 15.8. The van der Waals surface area contributed by atoms with Crippen LogP contribution in [0.15, 0.2) is 72.8 Å². The van der Waals surface area contributed by atoms with E-state index in [0.717, 1.165) is 50.7 Å². The number of esters is 1. The Bertz CT molecular complexity index is 1420. The summed E-state index contributed by atoms with van der Waals surface area (Å²) in [6, 6.07) is 21.7. The van der Waals surface area contributed by atoms with Gasteiger partial charge in [0.2, 0.25) is 0 Å². The summed E-state index contributed by atoms with van der Waals surface area (Å²) >= 11 is 0. The van der Waals surface area contributed by atoms with Crippen molar-refractivity contribution in [2.24, 2.45) is 5.92 Å². The second-order valence-electron chi connectivity index (χ2n) is 13.7. The Morgan fingerprint density at radius 3 is 2.06 bits per heavy atom. The van der Waals surface area contributed by atoms with Gasteiger partial charge < -0.3 is 18.8 Å². The van der Waals surface area contributed by atoms with Crippen molar-refractivity contribution in [3.8, 4) is 5.75 Å². The Morgan fingerprint density at radius 1 is 0.894 bits per heavy atom. The fourth-order valence-corrected chi connectivity index (χ4v) is 12.8. The van der Waals surface area contributed by atoms with Crippen LogP contribution in [0.5, 0.6) is 5.75 Å². The van der Waals surface area contributed by atoms with Crippen LogP contribution in [0.1, 0.15) is 93.6 Å². The van der Waals surface area contributed by atoms with E-state index in [2.05, 4.69) is 46.4 Å². The van der Waals surface area contributed by atoms with Gasteiger partial charge in [-0.1, -0.05) is 96.1 Å². The first kappa shape index (κ1) is 36.5. The highest BCUT2D eigenvalue weighted by Crippen LogP contribution is 2.45. The quantitative estimate of drug-likeness (QED) is 0.0920. The Labute approximate surface area is 281 Å². The predicted molar refractivity (Wildman–Crippen MR) is 188 cm³/mol. The number of piperidine rings is 1. The lowest BCUT2D eigenvalue weighted by atomic mass is 9.85. The van der Waals surface area contributed by atoms with E-state index in [1.54, 1.807) is 0 Å². The van der Waals surface area contributed by atoms with Gasteiger partial charge in [0, 0.05) is 25.1 Å². The topological polar surface area (TPSA) is 65.1 Å². The molecule has 2 atom stereocenters. The van der Waals surface area contributed by atoms with Crippen LogP contribution < -0.4 is 4.43 Å². The first-order valence-corrected chi connectivity index (χ1v) is 19.2. The summed E-state index contributed by atoms with van der Waals surface area (Å²) in [5.74, 6) is -0.149. The minimum absolute atomic E-state index is 0.00875. The smallest absolute Gasteiger partial charge is 0.340 e. The number of hydrogen-bond donors (Lipinski definition) is 0. The number of carbonyl (C=O) groups is 2.